The van der Waals surface area contributed by atoms with Crippen molar-refractivity contribution < 1.29 is 35.1 Å². The molecule has 248 valence electrons. The van der Waals surface area contributed by atoms with E-state index in [9.17, 15) is 38.6 Å². The molecule has 14 heteroatoms. The first-order valence-electron chi connectivity index (χ1n) is 14.2. The van der Waals surface area contributed by atoms with Crippen molar-refractivity contribution in [2.24, 2.45) is 0 Å². The average molecular weight is 703 g/mol. The van der Waals surface area contributed by atoms with Gasteiger partial charge in [-0.3, -0.25) is 0 Å². The number of rotatable bonds is 4. The second kappa shape index (κ2) is 14.0. The summed E-state index contributed by atoms with van der Waals surface area (Å²) in [4.78, 5) is 0. The molecule has 0 fully saturated rings. The molecule has 5 rings (SSSR count). The predicted molar refractivity (Wildman–Crippen MR) is 164 cm³/mol. The molecule has 0 bridgehead atoms. The topological polar surface area (TPSA) is 143 Å². The number of nitrogens with zero attached hydrogens (tertiary/aromatic N) is 6. The zero-order chi connectivity index (χ0) is 38.0. The Labute approximate surface area is 287 Å². The lowest BCUT2D eigenvalue weighted by Crippen LogP contribution is -2.22. The van der Waals surface area contributed by atoms with E-state index in [0.29, 0.717) is 0 Å². The SMILES string of the molecule is N#C/C(c1c(F)c(F)c(C#N)c(F)c1F)=c1/cc(-c2ccc(C#N)cc2)/c(=C(\C#N)c2c(F)c(F)c(C#N)c(F)c2F)cc1-c1ccc(C#N)cc1. The van der Waals surface area contributed by atoms with Crippen LogP contribution in [-0.4, -0.2) is 0 Å². The quantitative estimate of drug-likeness (QED) is 0.145. The fourth-order valence-electron chi connectivity index (χ4n) is 5.34. The van der Waals surface area contributed by atoms with Gasteiger partial charge in [-0.2, -0.15) is 31.6 Å². The smallest absolute Gasteiger partial charge is 0.180 e. The third-order valence-electron chi connectivity index (χ3n) is 7.82. The lowest BCUT2D eigenvalue weighted by molar-refractivity contribution is 0.446. The minimum absolute atomic E-state index is 0.0276. The molecule has 0 saturated heterocycles. The van der Waals surface area contributed by atoms with E-state index in [-0.39, 0.29) is 33.4 Å². The van der Waals surface area contributed by atoms with Crippen LogP contribution in [0.1, 0.15) is 33.4 Å². The van der Waals surface area contributed by atoms with E-state index in [4.69, 9.17) is 10.5 Å². The Bertz CT molecular complexity index is 2520. The van der Waals surface area contributed by atoms with E-state index in [1.165, 1.54) is 60.7 Å². The van der Waals surface area contributed by atoms with Crippen LogP contribution < -0.4 is 10.4 Å². The van der Waals surface area contributed by atoms with Gasteiger partial charge in [0, 0.05) is 10.4 Å². The van der Waals surface area contributed by atoms with Crippen LogP contribution in [0.25, 0.3) is 33.4 Å². The summed E-state index contributed by atoms with van der Waals surface area (Å²) in [5.74, 6) is -17.1. The van der Waals surface area contributed by atoms with E-state index in [1.807, 2.05) is 12.1 Å². The van der Waals surface area contributed by atoms with Crippen molar-refractivity contribution >= 4 is 11.1 Å². The highest BCUT2D eigenvalue weighted by atomic mass is 19.2. The van der Waals surface area contributed by atoms with Gasteiger partial charge in [0.1, 0.15) is 35.4 Å². The first-order chi connectivity index (χ1) is 24.9. The number of nitriles is 6. The molecule has 0 unspecified atom stereocenters. The van der Waals surface area contributed by atoms with Gasteiger partial charge in [0.05, 0.1) is 45.5 Å². The molecule has 6 nitrogen and oxygen atoms in total. The highest BCUT2D eigenvalue weighted by molar-refractivity contribution is 5.88. The third-order valence-corrected chi connectivity index (χ3v) is 7.82. The number of hydrogen-bond acceptors (Lipinski definition) is 6. The number of halogens is 8. The fourth-order valence-corrected chi connectivity index (χ4v) is 5.34. The van der Waals surface area contributed by atoms with Gasteiger partial charge in [0.15, 0.2) is 46.5 Å². The van der Waals surface area contributed by atoms with E-state index < -0.39 is 90.4 Å². The molecule has 0 aliphatic carbocycles. The molecule has 0 atom stereocenters. The van der Waals surface area contributed by atoms with Gasteiger partial charge in [0.2, 0.25) is 0 Å². The summed E-state index contributed by atoms with van der Waals surface area (Å²) < 4.78 is 121. The Balaban J connectivity index is 2.15. The Morgan fingerprint density at radius 2 is 0.673 bits per heavy atom. The molecule has 0 aliphatic rings. The van der Waals surface area contributed by atoms with Crippen LogP contribution in [0.5, 0.6) is 0 Å². The van der Waals surface area contributed by atoms with Crippen LogP contribution in [-0.2, 0) is 0 Å². The summed E-state index contributed by atoms with van der Waals surface area (Å²) in [5, 5.41) is 56.2. The second-order valence-electron chi connectivity index (χ2n) is 10.5. The van der Waals surface area contributed by atoms with Crippen LogP contribution >= 0.6 is 0 Å². The molecule has 5 aromatic rings. The molecule has 0 N–H and O–H groups in total. The normalized spacial score (nSPS) is 11.6. The lowest BCUT2D eigenvalue weighted by Gasteiger charge is -2.15. The second-order valence-corrected chi connectivity index (χ2v) is 10.5. The zero-order valence-electron chi connectivity index (χ0n) is 25.5. The molecule has 52 heavy (non-hydrogen) atoms. The first kappa shape index (κ1) is 35.5. The van der Waals surface area contributed by atoms with E-state index in [2.05, 4.69) is 0 Å². The van der Waals surface area contributed by atoms with Crippen molar-refractivity contribution in [2.45, 2.75) is 0 Å². The van der Waals surface area contributed by atoms with Crippen LogP contribution in [0, 0.1) is 115 Å². The summed E-state index contributed by atoms with van der Waals surface area (Å²) in [5.41, 5.74) is -9.14. The maximum absolute atomic E-state index is 15.5. The maximum Gasteiger partial charge on any atom is 0.180 e. The van der Waals surface area contributed by atoms with Crippen LogP contribution in [0.3, 0.4) is 0 Å². The third kappa shape index (κ3) is 5.70. The molecule has 5 aromatic carbocycles. The largest absolute Gasteiger partial charge is 0.203 e. The fraction of sp³-hybridized carbons (Fsp3) is 0. The van der Waals surface area contributed by atoms with Crippen LogP contribution in [0.15, 0.2) is 60.7 Å². The summed E-state index contributed by atoms with van der Waals surface area (Å²) in [6, 6.07) is 20.4. The van der Waals surface area contributed by atoms with Crippen LogP contribution in [0.4, 0.5) is 35.1 Å². The van der Waals surface area contributed by atoms with Gasteiger partial charge < -0.3 is 0 Å². The van der Waals surface area contributed by atoms with Gasteiger partial charge in [-0.1, -0.05) is 24.3 Å². The van der Waals surface area contributed by atoms with Crippen molar-refractivity contribution in [3.63, 3.8) is 0 Å². The Hall–Kier alpha value is -7.78. The highest BCUT2D eigenvalue weighted by Crippen LogP contribution is 2.32. The van der Waals surface area contributed by atoms with Crippen LogP contribution in [0.2, 0.25) is 0 Å². The van der Waals surface area contributed by atoms with Crippen molar-refractivity contribution in [1.29, 1.82) is 31.6 Å². The molecular weight excluding hydrogens is 692 g/mol. The minimum Gasteiger partial charge on any atom is -0.203 e. The molecular formula is C38H10F8N6. The zero-order valence-corrected chi connectivity index (χ0v) is 25.5. The van der Waals surface area contributed by atoms with Gasteiger partial charge in [-0.05, 0) is 58.7 Å². The van der Waals surface area contributed by atoms with E-state index >= 15 is 17.6 Å². The summed E-state index contributed by atoms with van der Waals surface area (Å²) in [6.07, 6.45) is 0. The Morgan fingerprint density at radius 3 is 0.904 bits per heavy atom. The number of benzene rings is 5. The van der Waals surface area contributed by atoms with Gasteiger partial charge >= 0.3 is 0 Å². The van der Waals surface area contributed by atoms with Crippen molar-refractivity contribution in [1.82, 2.24) is 0 Å². The maximum atomic E-state index is 15.5. The monoisotopic (exact) mass is 702 g/mol. The van der Waals surface area contributed by atoms with Crippen molar-refractivity contribution in [2.75, 3.05) is 0 Å². The van der Waals surface area contributed by atoms with Crippen molar-refractivity contribution in [3.8, 4) is 58.7 Å². The predicted octanol–water partition coefficient (Wildman–Crippen LogP) is 7.07. The molecule has 0 aliphatic heterocycles. The van der Waals surface area contributed by atoms with Gasteiger partial charge in [0.25, 0.3) is 0 Å². The number of hydrogen-bond donors (Lipinski definition) is 0. The molecule has 0 saturated carbocycles. The van der Waals surface area contributed by atoms with E-state index in [0.717, 1.165) is 24.3 Å². The summed E-state index contributed by atoms with van der Waals surface area (Å²) in [7, 11) is 0. The molecule has 0 aromatic heterocycles. The molecule has 0 spiro atoms. The van der Waals surface area contributed by atoms with Crippen molar-refractivity contribution in [3.05, 3.63) is 151 Å². The minimum atomic E-state index is -2.14. The highest BCUT2D eigenvalue weighted by Gasteiger charge is 2.30. The molecule has 0 radical (unpaired) electrons. The lowest BCUT2D eigenvalue weighted by atomic mass is 9.88. The van der Waals surface area contributed by atoms with E-state index in [1.54, 1.807) is 0 Å². The van der Waals surface area contributed by atoms with Gasteiger partial charge in [-0.15, -0.1) is 0 Å². The molecule has 0 amide bonds. The average Bonchev–Trinajstić information content (AvgIpc) is 3.17. The first-order valence-corrected chi connectivity index (χ1v) is 14.2. The summed E-state index contributed by atoms with van der Waals surface area (Å²) >= 11 is 0. The Morgan fingerprint density at radius 1 is 0.385 bits per heavy atom. The van der Waals surface area contributed by atoms with Gasteiger partial charge in [-0.25, -0.2) is 35.1 Å². The Kier molecular flexibility index (Phi) is 9.55. The standard InChI is InChI=1S/C38H10F8N6/c39-31-27(15-51)32(40)36(44)29(35(31)43)25(13-49)23-10-22(20-7-3-18(12-48)4-8-20)24(9-21(23)19-5-1-17(11-47)2-6-19)26(14-50)30-37(45)33(41)28(16-52)34(42)38(30)46/h1-10H/b25-23+,26-24+. The molecule has 0 heterocycles. The summed E-state index contributed by atoms with van der Waals surface area (Å²) in [6.45, 7) is 0.